The van der Waals surface area contributed by atoms with E-state index in [-0.39, 0.29) is 0 Å². The second-order valence-corrected chi connectivity index (χ2v) is 7.93. The summed E-state index contributed by atoms with van der Waals surface area (Å²) in [7, 11) is 1.72. The highest BCUT2D eigenvalue weighted by Gasteiger charge is 2.22. The van der Waals surface area contributed by atoms with Gasteiger partial charge in [0.15, 0.2) is 0 Å². The first kappa shape index (κ1) is 16.6. The van der Waals surface area contributed by atoms with Gasteiger partial charge in [-0.15, -0.1) is 11.3 Å². The van der Waals surface area contributed by atoms with Crippen LogP contribution >= 0.6 is 23.1 Å². The third-order valence-corrected chi connectivity index (χ3v) is 6.08. The predicted octanol–water partition coefficient (Wildman–Crippen LogP) is 3.84. The maximum atomic E-state index is 5.63. The minimum Gasteiger partial charge on any atom is -0.495 e. The van der Waals surface area contributed by atoms with Crippen LogP contribution in [0.1, 0.15) is 0 Å². The van der Waals surface area contributed by atoms with Crippen molar-refractivity contribution in [1.82, 2.24) is 14.9 Å². The number of aromatic nitrogens is 2. The van der Waals surface area contributed by atoms with Crippen molar-refractivity contribution in [1.29, 1.82) is 0 Å². The average Bonchev–Trinajstić information content (AvgIpc) is 3.16. The summed E-state index contributed by atoms with van der Waals surface area (Å²) in [5.74, 6) is 4.15. The molecular formula is C18H20N4OS2. The minimum absolute atomic E-state index is 0.795. The SMILES string of the molecule is COc1ccccc1N(CN1CCSCC1)c1ncnc2sccc12. The van der Waals surface area contributed by atoms with Crippen molar-refractivity contribution < 1.29 is 4.74 Å². The highest BCUT2D eigenvalue weighted by Crippen LogP contribution is 2.36. The minimum atomic E-state index is 0.795. The van der Waals surface area contributed by atoms with Gasteiger partial charge in [-0.05, 0) is 23.6 Å². The van der Waals surface area contributed by atoms with Gasteiger partial charge in [0.25, 0.3) is 0 Å². The molecule has 0 atom stereocenters. The Morgan fingerprint density at radius 3 is 2.84 bits per heavy atom. The van der Waals surface area contributed by atoms with E-state index in [4.69, 9.17) is 4.74 Å². The maximum Gasteiger partial charge on any atom is 0.146 e. The molecule has 1 aliphatic rings. The Labute approximate surface area is 155 Å². The second kappa shape index (κ2) is 7.59. The Morgan fingerprint density at radius 2 is 2.00 bits per heavy atom. The summed E-state index contributed by atoms with van der Waals surface area (Å²) in [5, 5.41) is 3.16. The lowest BCUT2D eigenvalue weighted by Crippen LogP contribution is -2.40. The lowest BCUT2D eigenvalue weighted by molar-refractivity contribution is 0.308. The molecule has 1 aromatic carbocycles. The molecule has 25 heavy (non-hydrogen) atoms. The molecule has 5 nitrogen and oxygen atoms in total. The van der Waals surface area contributed by atoms with E-state index in [2.05, 4.69) is 37.3 Å². The van der Waals surface area contributed by atoms with Gasteiger partial charge in [-0.2, -0.15) is 11.8 Å². The summed E-state index contributed by atoms with van der Waals surface area (Å²) in [5.41, 5.74) is 1.04. The Hall–Kier alpha value is -1.83. The molecule has 2 aromatic heterocycles. The molecule has 7 heteroatoms. The largest absolute Gasteiger partial charge is 0.495 e. The summed E-state index contributed by atoms with van der Waals surface area (Å²) in [6, 6.07) is 10.2. The van der Waals surface area contributed by atoms with Crippen LogP contribution < -0.4 is 9.64 Å². The lowest BCUT2D eigenvalue weighted by atomic mass is 10.2. The zero-order valence-electron chi connectivity index (χ0n) is 14.1. The fraction of sp³-hybridized carbons (Fsp3) is 0.333. The van der Waals surface area contributed by atoms with Gasteiger partial charge < -0.3 is 9.64 Å². The Bertz CT molecular complexity index is 848. The van der Waals surface area contributed by atoms with Crippen molar-refractivity contribution in [3.05, 3.63) is 42.0 Å². The van der Waals surface area contributed by atoms with E-state index in [9.17, 15) is 0 Å². The number of nitrogens with zero attached hydrogens (tertiary/aromatic N) is 4. The lowest BCUT2D eigenvalue weighted by Gasteiger charge is -2.34. The number of rotatable bonds is 5. The molecule has 0 amide bonds. The van der Waals surface area contributed by atoms with Crippen molar-refractivity contribution in [2.45, 2.75) is 0 Å². The quantitative estimate of drug-likeness (QED) is 0.678. The number of thiophene rings is 1. The van der Waals surface area contributed by atoms with Crippen molar-refractivity contribution in [2.75, 3.05) is 43.3 Å². The van der Waals surface area contributed by atoms with E-state index in [1.54, 1.807) is 24.8 Å². The Morgan fingerprint density at radius 1 is 1.16 bits per heavy atom. The number of fused-ring (bicyclic) bond motifs is 1. The number of thioether (sulfide) groups is 1. The van der Waals surface area contributed by atoms with E-state index in [1.165, 1.54) is 11.5 Å². The highest BCUT2D eigenvalue weighted by molar-refractivity contribution is 7.99. The third-order valence-electron chi connectivity index (χ3n) is 4.32. The van der Waals surface area contributed by atoms with E-state index in [0.29, 0.717) is 0 Å². The molecule has 0 saturated carbocycles. The molecule has 1 aliphatic heterocycles. The zero-order valence-corrected chi connectivity index (χ0v) is 15.7. The van der Waals surface area contributed by atoms with Crippen LogP contribution in [-0.4, -0.2) is 53.2 Å². The van der Waals surface area contributed by atoms with E-state index in [0.717, 1.165) is 47.2 Å². The molecule has 3 heterocycles. The molecule has 0 N–H and O–H groups in total. The zero-order chi connectivity index (χ0) is 17.1. The van der Waals surface area contributed by atoms with Crippen molar-refractivity contribution >= 4 is 44.8 Å². The number of anilines is 2. The highest BCUT2D eigenvalue weighted by atomic mass is 32.2. The van der Waals surface area contributed by atoms with Crippen molar-refractivity contribution in [3.8, 4) is 5.75 Å². The molecule has 3 aromatic rings. The summed E-state index contributed by atoms with van der Waals surface area (Å²) >= 11 is 3.66. The predicted molar refractivity (Wildman–Crippen MR) is 106 cm³/mol. The smallest absolute Gasteiger partial charge is 0.146 e. The van der Waals surface area contributed by atoms with Crippen LogP contribution in [0, 0.1) is 0 Å². The molecule has 0 bridgehead atoms. The number of benzene rings is 1. The van der Waals surface area contributed by atoms with Crippen LogP contribution in [0.2, 0.25) is 0 Å². The molecule has 0 spiro atoms. The monoisotopic (exact) mass is 372 g/mol. The van der Waals surface area contributed by atoms with E-state index >= 15 is 0 Å². The molecule has 0 unspecified atom stereocenters. The molecular weight excluding hydrogens is 352 g/mol. The molecule has 0 aliphatic carbocycles. The van der Waals surface area contributed by atoms with Gasteiger partial charge in [0.2, 0.25) is 0 Å². The van der Waals surface area contributed by atoms with E-state index < -0.39 is 0 Å². The van der Waals surface area contributed by atoms with Crippen LogP contribution in [0.5, 0.6) is 5.75 Å². The Balaban J connectivity index is 1.79. The van der Waals surface area contributed by atoms with Gasteiger partial charge in [-0.25, -0.2) is 9.97 Å². The first-order valence-electron chi connectivity index (χ1n) is 8.25. The van der Waals surface area contributed by atoms with Crippen LogP contribution in [0.4, 0.5) is 11.5 Å². The molecule has 1 saturated heterocycles. The Kier molecular flexibility index (Phi) is 5.05. The molecule has 130 valence electrons. The van der Waals surface area contributed by atoms with Gasteiger partial charge in [0, 0.05) is 24.6 Å². The first-order chi connectivity index (χ1) is 12.4. The van der Waals surface area contributed by atoms with Gasteiger partial charge in [0.1, 0.15) is 22.7 Å². The average molecular weight is 373 g/mol. The van der Waals surface area contributed by atoms with E-state index in [1.807, 2.05) is 30.0 Å². The fourth-order valence-corrected chi connectivity index (χ4v) is 4.75. The second-order valence-electron chi connectivity index (χ2n) is 5.81. The van der Waals surface area contributed by atoms with Crippen LogP contribution in [0.15, 0.2) is 42.0 Å². The summed E-state index contributed by atoms with van der Waals surface area (Å²) in [4.78, 5) is 14.8. The normalized spacial score (nSPS) is 15.4. The number of para-hydroxylation sites is 2. The van der Waals surface area contributed by atoms with Gasteiger partial charge in [0.05, 0.1) is 24.9 Å². The van der Waals surface area contributed by atoms with Crippen molar-refractivity contribution in [2.24, 2.45) is 0 Å². The topological polar surface area (TPSA) is 41.5 Å². The maximum absolute atomic E-state index is 5.63. The van der Waals surface area contributed by atoms with Crippen LogP contribution in [0.25, 0.3) is 10.2 Å². The number of ether oxygens (including phenoxy) is 1. The van der Waals surface area contributed by atoms with Gasteiger partial charge in [-0.3, -0.25) is 4.90 Å². The van der Waals surface area contributed by atoms with Crippen LogP contribution in [-0.2, 0) is 0 Å². The molecule has 4 rings (SSSR count). The van der Waals surface area contributed by atoms with Gasteiger partial charge in [-0.1, -0.05) is 12.1 Å². The molecule has 0 radical (unpaired) electrons. The fourth-order valence-electron chi connectivity index (χ4n) is 3.04. The number of methoxy groups -OCH3 is 1. The summed E-state index contributed by atoms with van der Waals surface area (Å²) < 4.78 is 5.63. The van der Waals surface area contributed by atoms with Crippen molar-refractivity contribution in [3.63, 3.8) is 0 Å². The third kappa shape index (κ3) is 3.44. The number of hydrogen-bond acceptors (Lipinski definition) is 7. The summed E-state index contributed by atoms with van der Waals surface area (Å²) in [6.45, 7) is 2.98. The number of hydrogen-bond donors (Lipinski definition) is 0. The molecule has 1 fully saturated rings. The van der Waals surface area contributed by atoms with Crippen LogP contribution in [0.3, 0.4) is 0 Å². The first-order valence-corrected chi connectivity index (χ1v) is 10.3. The summed E-state index contributed by atoms with van der Waals surface area (Å²) in [6.07, 6.45) is 1.66. The van der Waals surface area contributed by atoms with Gasteiger partial charge >= 0.3 is 0 Å². The standard InChI is InChI=1S/C18H20N4OS2/c1-23-16-5-3-2-4-15(16)22(13-21-7-10-24-11-8-21)17-14-6-9-25-18(14)20-12-19-17/h2-6,9,12H,7-8,10-11,13H2,1H3.